The van der Waals surface area contributed by atoms with Gasteiger partial charge in [0.05, 0.1) is 26.0 Å². The average Bonchev–Trinajstić information content (AvgIpc) is 2.94. The summed E-state index contributed by atoms with van der Waals surface area (Å²) in [5.74, 6) is 0.0193. The molecule has 2 N–H and O–H groups in total. The van der Waals surface area contributed by atoms with Crippen LogP contribution in [0, 0.1) is 0 Å². The van der Waals surface area contributed by atoms with E-state index < -0.39 is 20.1 Å². The topological polar surface area (TPSA) is 81.8 Å². The van der Waals surface area contributed by atoms with Crippen LogP contribution in [0.5, 0.6) is 0 Å². The van der Waals surface area contributed by atoms with Crippen LogP contribution in [0.2, 0.25) is 5.02 Å². The van der Waals surface area contributed by atoms with Crippen molar-refractivity contribution in [3.05, 3.63) is 19.8 Å². The summed E-state index contributed by atoms with van der Waals surface area (Å²) in [5, 5.41) is 0.500. The van der Waals surface area contributed by atoms with Gasteiger partial charge in [0.15, 0.2) is 14.6 Å². The van der Waals surface area contributed by atoms with Crippen molar-refractivity contribution >= 4 is 54.5 Å². The highest BCUT2D eigenvalue weighted by atomic mass is 79.9. The van der Waals surface area contributed by atoms with Gasteiger partial charge in [-0.2, -0.15) is 0 Å². The number of aliphatic imine (C=N–C) groups is 1. The van der Waals surface area contributed by atoms with E-state index in [1.165, 1.54) is 11.3 Å². The molecule has 0 aliphatic carbocycles. The second-order valence-corrected chi connectivity index (χ2v) is 10.7. The number of thiophene rings is 1. The lowest BCUT2D eigenvalue weighted by molar-refractivity contribution is 0.194. The molecule has 0 amide bonds. The summed E-state index contributed by atoms with van der Waals surface area (Å²) in [4.78, 5) is 5.23. The van der Waals surface area contributed by atoms with E-state index in [0.29, 0.717) is 22.9 Å². The minimum absolute atomic E-state index is 0.0859. The predicted octanol–water partition coefficient (Wildman–Crippen LogP) is 2.32. The van der Waals surface area contributed by atoms with Gasteiger partial charge in [0, 0.05) is 6.61 Å². The molecule has 3 heterocycles. The molecule has 1 aromatic heterocycles. The van der Waals surface area contributed by atoms with E-state index in [2.05, 4.69) is 20.9 Å². The summed E-state index contributed by atoms with van der Waals surface area (Å²) in [7, 11) is -3.48. The zero-order valence-corrected chi connectivity index (χ0v) is 15.2. The van der Waals surface area contributed by atoms with Crippen molar-refractivity contribution in [1.29, 1.82) is 0 Å². The molecule has 2 aliphatic heterocycles. The van der Waals surface area contributed by atoms with Crippen LogP contribution in [0.25, 0.3) is 0 Å². The van der Waals surface area contributed by atoms with Gasteiger partial charge in [-0.1, -0.05) is 11.6 Å². The van der Waals surface area contributed by atoms with Crippen LogP contribution in [0.1, 0.15) is 18.2 Å². The van der Waals surface area contributed by atoms with Crippen LogP contribution in [0.3, 0.4) is 0 Å². The van der Waals surface area contributed by atoms with Crippen molar-refractivity contribution in [3.63, 3.8) is 0 Å². The number of halogens is 2. The van der Waals surface area contributed by atoms with Gasteiger partial charge in [-0.15, -0.1) is 11.3 Å². The Balaban J connectivity index is 2.16. The third-order valence-electron chi connectivity index (χ3n) is 4.03. The number of rotatable bonds is 1. The molecule has 2 atom stereocenters. The maximum atomic E-state index is 12.8. The molecule has 3 rings (SSSR count). The predicted molar refractivity (Wildman–Crippen MR) is 88.0 cm³/mol. The molecule has 21 heavy (non-hydrogen) atoms. The van der Waals surface area contributed by atoms with Crippen molar-refractivity contribution < 1.29 is 13.2 Å². The molecule has 1 fully saturated rings. The van der Waals surface area contributed by atoms with E-state index in [1.54, 1.807) is 13.0 Å². The molecule has 1 unspecified atom stereocenters. The summed E-state index contributed by atoms with van der Waals surface area (Å²) < 4.78 is 30.6. The summed E-state index contributed by atoms with van der Waals surface area (Å²) in [6.45, 7) is 2.23. The van der Waals surface area contributed by atoms with Gasteiger partial charge in [-0.3, -0.25) is 4.99 Å². The van der Waals surface area contributed by atoms with E-state index in [1.807, 2.05) is 0 Å². The second kappa shape index (κ2) is 4.92. The molecule has 9 heteroatoms. The third-order valence-corrected chi connectivity index (χ3v) is 9.00. The molecule has 2 aliphatic rings. The molecule has 1 spiro atoms. The van der Waals surface area contributed by atoms with Crippen molar-refractivity contribution in [2.24, 2.45) is 10.7 Å². The van der Waals surface area contributed by atoms with Gasteiger partial charge in [-0.25, -0.2) is 8.42 Å². The maximum Gasteiger partial charge on any atom is 0.168 e. The van der Waals surface area contributed by atoms with E-state index in [9.17, 15) is 8.42 Å². The Kier molecular flexibility index (Phi) is 3.69. The Bertz CT molecular complexity index is 725. The zero-order valence-electron chi connectivity index (χ0n) is 11.2. The quantitative estimate of drug-likeness (QED) is 0.766. The van der Waals surface area contributed by atoms with Crippen molar-refractivity contribution in [3.8, 4) is 0 Å². The SMILES string of the molecule is CC1(c2sc(Br)cc2Cl)CS(=O)(=O)[C@]2(CCOC2)C(N)=N1. The van der Waals surface area contributed by atoms with E-state index in [-0.39, 0.29) is 18.2 Å². The van der Waals surface area contributed by atoms with Crippen LogP contribution >= 0.6 is 38.9 Å². The van der Waals surface area contributed by atoms with Gasteiger partial charge in [-0.05, 0) is 35.3 Å². The first-order valence-electron chi connectivity index (χ1n) is 6.31. The van der Waals surface area contributed by atoms with E-state index in [4.69, 9.17) is 22.1 Å². The highest BCUT2D eigenvalue weighted by molar-refractivity contribution is 9.11. The Labute approximate surface area is 140 Å². The third kappa shape index (κ3) is 2.26. The number of hydrogen-bond acceptors (Lipinski definition) is 6. The first-order valence-corrected chi connectivity index (χ1v) is 9.95. The highest BCUT2D eigenvalue weighted by Gasteiger charge is 2.57. The van der Waals surface area contributed by atoms with Gasteiger partial charge < -0.3 is 10.5 Å². The summed E-state index contributed by atoms with van der Waals surface area (Å²) >= 11 is 11.0. The Morgan fingerprint density at radius 2 is 2.29 bits per heavy atom. The van der Waals surface area contributed by atoms with Crippen LogP contribution < -0.4 is 5.73 Å². The first kappa shape index (κ1) is 15.7. The summed E-state index contributed by atoms with van der Waals surface area (Å²) in [6.07, 6.45) is 0.364. The van der Waals surface area contributed by atoms with Crippen LogP contribution in [-0.4, -0.2) is 38.0 Å². The fourth-order valence-corrected chi connectivity index (χ4v) is 7.43. The minimum atomic E-state index is -3.48. The summed E-state index contributed by atoms with van der Waals surface area (Å²) in [5.41, 5.74) is 5.11. The Morgan fingerprint density at radius 1 is 1.57 bits per heavy atom. The van der Waals surface area contributed by atoms with Gasteiger partial charge in [0.25, 0.3) is 0 Å². The van der Waals surface area contributed by atoms with Gasteiger partial charge >= 0.3 is 0 Å². The van der Waals surface area contributed by atoms with Crippen molar-refractivity contribution in [2.75, 3.05) is 19.0 Å². The molecule has 1 saturated heterocycles. The minimum Gasteiger partial charge on any atom is -0.386 e. The smallest absolute Gasteiger partial charge is 0.168 e. The molecule has 0 aromatic carbocycles. The van der Waals surface area contributed by atoms with E-state index in [0.717, 1.165) is 3.79 Å². The lowest BCUT2D eigenvalue weighted by Crippen LogP contribution is -2.58. The number of sulfone groups is 1. The standard InChI is InChI=1S/C12H14BrClN2O3S2/c1-11(9-7(14)4-8(13)20-9)6-21(17,18)12(10(15)16-11)2-3-19-5-12/h4H,2-3,5-6H2,1H3,(H2,15,16)/t11?,12-/m0/s1. The molecular weight excluding hydrogens is 400 g/mol. The van der Waals surface area contributed by atoms with Crippen LogP contribution in [0.15, 0.2) is 14.8 Å². The molecule has 1 aromatic rings. The Hall–Kier alpha value is -0.150. The maximum absolute atomic E-state index is 12.8. The Morgan fingerprint density at radius 3 is 2.76 bits per heavy atom. The average molecular weight is 414 g/mol. The number of hydrogen-bond donors (Lipinski definition) is 1. The highest BCUT2D eigenvalue weighted by Crippen LogP contribution is 2.46. The number of amidine groups is 1. The molecule has 5 nitrogen and oxygen atoms in total. The number of nitrogens with zero attached hydrogens (tertiary/aromatic N) is 1. The molecule has 116 valence electrons. The van der Waals surface area contributed by atoms with E-state index >= 15 is 0 Å². The fourth-order valence-electron chi connectivity index (χ4n) is 2.89. The lowest BCUT2D eigenvalue weighted by Gasteiger charge is -2.38. The number of ether oxygens (including phenoxy) is 1. The molecule has 0 saturated carbocycles. The molecule has 0 bridgehead atoms. The second-order valence-electron chi connectivity index (χ2n) is 5.55. The first-order chi connectivity index (χ1) is 9.70. The molecule has 0 radical (unpaired) electrons. The zero-order chi connectivity index (χ0) is 15.5. The monoisotopic (exact) mass is 412 g/mol. The van der Waals surface area contributed by atoms with Crippen LogP contribution in [0.4, 0.5) is 0 Å². The molecular formula is C12H14BrClN2O3S2. The summed E-state index contributed by atoms with van der Waals surface area (Å²) in [6, 6.07) is 1.74. The van der Waals surface area contributed by atoms with Crippen LogP contribution in [-0.2, 0) is 20.1 Å². The lowest BCUT2D eigenvalue weighted by atomic mass is 10.0. The number of nitrogens with two attached hydrogens (primary N) is 1. The van der Waals surface area contributed by atoms with Crippen molar-refractivity contribution in [2.45, 2.75) is 23.6 Å². The van der Waals surface area contributed by atoms with Crippen molar-refractivity contribution in [1.82, 2.24) is 0 Å². The normalized spacial score (nSPS) is 35.1. The largest absolute Gasteiger partial charge is 0.386 e. The fraction of sp³-hybridized carbons (Fsp3) is 0.583. The van der Waals surface area contributed by atoms with Gasteiger partial charge in [0.2, 0.25) is 0 Å². The van der Waals surface area contributed by atoms with Gasteiger partial charge in [0.1, 0.15) is 11.4 Å².